The Balaban J connectivity index is 2.28. The second-order valence-electron chi connectivity index (χ2n) is 4.07. The molecule has 2 rings (SSSR count). The summed E-state index contributed by atoms with van der Waals surface area (Å²) in [5.74, 6) is -0.227. The number of benzene rings is 2. The molecule has 1 N–H and O–H groups in total. The molecule has 2 aromatic rings. The molecule has 2 nitrogen and oxygen atoms in total. The van der Waals surface area contributed by atoms with E-state index in [1.807, 2.05) is 25.1 Å². The Morgan fingerprint density at radius 2 is 1.74 bits per heavy atom. The number of aryl methyl sites for hydroxylation is 1. The van der Waals surface area contributed by atoms with Crippen LogP contribution in [-0.2, 0) is 0 Å². The van der Waals surface area contributed by atoms with Gasteiger partial charge < -0.3 is 5.32 Å². The molecule has 19 heavy (non-hydrogen) atoms. The summed E-state index contributed by atoms with van der Waals surface area (Å²) in [5.41, 5.74) is 2.23. The molecular weight excluding hydrogens is 396 g/mol. The maximum absolute atomic E-state index is 12.2. The fraction of sp³-hybridized carbons (Fsp3) is 0.0714. The summed E-state index contributed by atoms with van der Waals surface area (Å²) in [4.78, 5) is 12.2. The molecule has 0 saturated carbocycles. The van der Waals surface area contributed by atoms with Crippen molar-refractivity contribution >= 4 is 57.4 Å². The number of hydrogen-bond acceptors (Lipinski definition) is 1. The van der Waals surface area contributed by atoms with E-state index in [0.717, 1.165) is 14.8 Å². The first-order valence-electron chi connectivity index (χ1n) is 5.49. The van der Waals surface area contributed by atoms with Crippen LogP contribution in [0.15, 0.2) is 36.4 Å². The van der Waals surface area contributed by atoms with Crippen LogP contribution in [0.1, 0.15) is 15.9 Å². The minimum atomic E-state index is -0.227. The highest BCUT2D eigenvalue weighted by Gasteiger charge is 2.10. The summed E-state index contributed by atoms with van der Waals surface area (Å²) < 4.78 is 1.06. The Morgan fingerprint density at radius 1 is 1.11 bits per heavy atom. The van der Waals surface area contributed by atoms with Crippen LogP contribution in [0.25, 0.3) is 0 Å². The van der Waals surface area contributed by atoms with Crippen molar-refractivity contribution in [1.29, 1.82) is 0 Å². The predicted molar refractivity (Wildman–Crippen MR) is 88.3 cm³/mol. The van der Waals surface area contributed by atoms with E-state index >= 15 is 0 Å². The summed E-state index contributed by atoms with van der Waals surface area (Å²) in [6.45, 7) is 1.94. The molecule has 0 aliphatic rings. The van der Waals surface area contributed by atoms with E-state index in [9.17, 15) is 4.79 Å². The van der Waals surface area contributed by atoms with Crippen LogP contribution in [-0.4, -0.2) is 5.91 Å². The van der Waals surface area contributed by atoms with Gasteiger partial charge in [-0.2, -0.15) is 0 Å². The molecule has 0 bridgehead atoms. The minimum absolute atomic E-state index is 0.227. The Kier molecular flexibility index (Phi) is 4.71. The zero-order chi connectivity index (χ0) is 14.0. The monoisotopic (exact) mass is 405 g/mol. The standard InChI is InChI=1S/C14H10Cl2INO/c1-8-2-3-12(17)7-13(8)18-14(19)9-4-10(15)6-11(16)5-9/h2-7H,1H3,(H,18,19). The number of rotatable bonds is 2. The second-order valence-corrected chi connectivity index (χ2v) is 6.19. The zero-order valence-corrected chi connectivity index (χ0v) is 13.7. The first kappa shape index (κ1) is 14.6. The van der Waals surface area contributed by atoms with E-state index in [4.69, 9.17) is 23.2 Å². The van der Waals surface area contributed by atoms with Gasteiger partial charge in [-0.15, -0.1) is 0 Å². The van der Waals surface area contributed by atoms with Gasteiger partial charge in [-0.3, -0.25) is 4.79 Å². The lowest BCUT2D eigenvalue weighted by atomic mass is 10.1. The van der Waals surface area contributed by atoms with Crippen LogP contribution in [0.2, 0.25) is 10.0 Å². The van der Waals surface area contributed by atoms with Gasteiger partial charge in [0.1, 0.15) is 0 Å². The molecule has 0 aliphatic carbocycles. The lowest BCUT2D eigenvalue weighted by Crippen LogP contribution is -2.12. The number of anilines is 1. The van der Waals surface area contributed by atoms with Gasteiger partial charge in [0.25, 0.3) is 5.91 Å². The van der Waals surface area contributed by atoms with E-state index in [-0.39, 0.29) is 5.91 Å². The van der Waals surface area contributed by atoms with E-state index in [2.05, 4.69) is 27.9 Å². The summed E-state index contributed by atoms with van der Waals surface area (Å²) in [5, 5.41) is 3.74. The molecule has 5 heteroatoms. The zero-order valence-electron chi connectivity index (χ0n) is 10.0. The molecule has 98 valence electrons. The van der Waals surface area contributed by atoms with Crippen molar-refractivity contribution in [3.8, 4) is 0 Å². The summed E-state index contributed by atoms with van der Waals surface area (Å²) in [7, 11) is 0. The predicted octanol–water partition coefficient (Wildman–Crippen LogP) is 5.16. The quantitative estimate of drug-likeness (QED) is 0.687. The molecule has 0 aromatic heterocycles. The van der Waals surface area contributed by atoms with Crippen LogP contribution in [0.3, 0.4) is 0 Å². The first-order valence-corrected chi connectivity index (χ1v) is 7.33. The molecule has 0 spiro atoms. The highest BCUT2D eigenvalue weighted by Crippen LogP contribution is 2.22. The van der Waals surface area contributed by atoms with Gasteiger partial charge in [0.05, 0.1) is 0 Å². The SMILES string of the molecule is Cc1ccc(I)cc1NC(=O)c1cc(Cl)cc(Cl)c1. The lowest BCUT2D eigenvalue weighted by Gasteiger charge is -2.09. The number of hydrogen-bond donors (Lipinski definition) is 1. The normalized spacial score (nSPS) is 10.3. The molecule has 1 amide bonds. The van der Waals surface area contributed by atoms with E-state index in [1.165, 1.54) is 0 Å². The summed E-state index contributed by atoms with van der Waals surface area (Å²) in [6.07, 6.45) is 0. The van der Waals surface area contributed by atoms with Gasteiger partial charge in [-0.25, -0.2) is 0 Å². The van der Waals surface area contributed by atoms with Crippen LogP contribution < -0.4 is 5.32 Å². The molecule has 0 atom stereocenters. The number of nitrogens with one attached hydrogen (secondary N) is 1. The average molecular weight is 406 g/mol. The molecule has 0 fully saturated rings. The Hall–Kier alpha value is -0.780. The van der Waals surface area contributed by atoms with E-state index < -0.39 is 0 Å². The van der Waals surface area contributed by atoms with Gasteiger partial charge >= 0.3 is 0 Å². The fourth-order valence-electron chi connectivity index (χ4n) is 1.61. The molecular formula is C14H10Cl2INO. The van der Waals surface area contributed by atoms with Crippen molar-refractivity contribution in [3.63, 3.8) is 0 Å². The Morgan fingerprint density at radius 3 is 2.37 bits per heavy atom. The molecule has 2 aromatic carbocycles. The third-order valence-electron chi connectivity index (χ3n) is 2.57. The highest BCUT2D eigenvalue weighted by atomic mass is 127. The summed E-state index contributed by atoms with van der Waals surface area (Å²) >= 11 is 14.0. The Labute approximate surface area is 135 Å². The smallest absolute Gasteiger partial charge is 0.255 e. The second kappa shape index (κ2) is 6.11. The molecule has 0 unspecified atom stereocenters. The molecule has 0 saturated heterocycles. The average Bonchev–Trinajstić information content (AvgIpc) is 2.32. The van der Waals surface area contributed by atoms with Gasteiger partial charge in [0.2, 0.25) is 0 Å². The topological polar surface area (TPSA) is 29.1 Å². The maximum atomic E-state index is 12.2. The maximum Gasteiger partial charge on any atom is 0.255 e. The number of amides is 1. The van der Waals surface area contributed by atoms with Gasteiger partial charge in [0, 0.05) is 24.9 Å². The lowest BCUT2D eigenvalue weighted by molar-refractivity contribution is 0.102. The van der Waals surface area contributed by atoms with Crippen LogP contribution in [0, 0.1) is 10.5 Å². The molecule has 0 aliphatic heterocycles. The number of halogens is 3. The van der Waals surface area contributed by atoms with E-state index in [1.54, 1.807) is 18.2 Å². The van der Waals surface area contributed by atoms with Gasteiger partial charge in [0.15, 0.2) is 0 Å². The number of carbonyl (C=O) groups is 1. The van der Waals surface area contributed by atoms with Crippen LogP contribution >= 0.6 is 45.8 Å². The van der Waals surface area contributed by atoms with E-state index in [0.29, 0.717) is 15.6 Å². The molecule has 0 heterocycles. The van der Waals surface area contributed by atoms with Crippen molar-refractivity contribution in [2.24, 2.45) is 0 Å². The number of carbonyl (C=O) groups excluding carboxylic acids is 1. The first-order chi connectivity index (χ1) is 8.95. The third-order valence-corrected chi connectivity index (χ3v) is 3.68. The largest absolute Gasteiger partial charge is 0.322 e. The van der Waals surface area contributed by atoms with Crippen LogP contribution in [0.5, 0.6) is 0 Å². The minimum Gasteiger partial charge on any atom is -0.322 e. The van der Waals surface area contributed by atoms with Crippen molar-refractivity contribution in [2.45, 2.75) is 6.92 Å². The van der Waals surface area contributed by atoms with Crippen molar-refractivity contribution < 1.29 is 4.79 Å². The fourth-order valence-corrected chi connectivity index (χ4v) is 2.63. The van der Waals surface area contributed by atoms with Crippen molar-refractivity contribution in [2.75, 3.05) is 5.32 Å². The summed E-state index contributed by atoms with van der Waals surface area (Å²) in [6, 6.07) is 10.6. The van der Waals surface area contributed by atoms with Crippen molar-refractivity contribution in [1.82, 2.24) is 0 Å². The Bertz CT molecular complexity index is 623. The van der Waals surface area contributed by atoms with Crippen molar-refractivity contribution in [3.05, 3.63) is 61.1 Å². The molecule has 0 radical (unpaired) electrons. The van der Waals surface area contributed by atoms with Gasteiger partial charge in [-0.05, 0) is 65.4 Å². The van der Waals surface area contributed by atoms with Gasteiger partial charge in [-0.1, -0.05) is 29.3 Å². The third kappa shape index (κ3) is 3.84. The van der Waals surface area contributed by atoms with Crippen LogP contribution in [0.4, 0.5) is 5.69 Å². The highest BCUT2D eigenvalue weighted by molar-refractivity contribution is 14.1.